The van der Waals surface area contributed by atoms with Gasteiger partial charge in [0.1, 0.15) is 24.4 Å². The first-order valence-corrected chi connectivity index (χ1v) is 6.97. The molecule has 0 saturated carbocycles. The maximum Gasteiger partial charge on any atom is 0.186 e. The van der Waals surface area contributed by atoms with Crippen LogP contribution in [0.1, 0.15) is 6.42 Å². The quantitative estimate of drug-likeness (QED) is 0.264. The van der Waals surface area contributed by atoms with Crippen molar-refractivity contribution in [3.05, 3.63) is 0 Å². The fraction of sp³-hybridized carbons (Fsp3) is 1.00. The summed E-state index contributed by atoms with van der Waals surface area (Å²) >= 11 is 1.57. The van der Waals surface area contributed by atoms with Gasteiger partial charge in [0.25, 0.3) is 0 Å². The summed E-state index contributed by atoms with van der Waals surface area (Å²) in [5.41, 5.74) is 5.31. The highest BCUT2D eigenvalue weighted by molar-refractivity contribution is 7.99. The first kappa shape index (κ1) is 16.1. The number of hydrogen-bond donors (Lipinski definition) is 5. The topological polar surface area (TPSA) is 125 Å². The molecule has 0 bridgehead atoms. The summed E-state index contributed by atoms with van der Waals surface area (Å²) in [6.07, 6.45) is -5.30. The van der Waals surface area contributed by atoms with Gasteiger partial charge in [0.15, 0.2) is 6.29 Å². The highest BCUT2D eigenvalue weighted by Gasteiger charge is 2.43. The standard InChI is InChI=1S/C10H21NO6S/c11-5-18-3-1-2-16-10-9(15)8(14)7(13)6(4-12)17-10/h6-10,12-15H,1-5,11H2/t6-,7-,8+,9+,10+/m1/s1. The number of hydrogen-bond acceptors (Lipinski definition) is 8. The molecular formula is C10H21NO6S. The van der Waals surface area contributed by atoms with Crippen molar-refractivity contribution in [3.63, 3.8) is 0 Å². The van der Waals surface area contributed by atoms with Crippen LogP contribution in [0.25, 0.3) is 0 Å². The third-order valence-electron chi connectivity index (χ3n) is 2.68. The molecule has 1 aliphatic heterocycles. The third-order valence-corrected chi connectivity index (χ3v) is 3.49. The second-order valence-electron chi connectivity index (χ2n) is 4.00. The number of thioether (sulfide) groups is 1. The van der Waals surface area contributed by atoms with Crippen LogP contribution in [0.5, 0.6) is 0 Å². The minimum Gasteiger partial charge on any atom is -0.394 e. The van der Waals surface area contributed by atoms with E-state index in [-0.39, 0.29) is 0 Å². The molecule has 6 N–H and O–H groups in total. The van der Waals surface area contributed by atoms with Crippen LogP contribution in [-0.4, -0.2) is 76.0 Å². The molecule has 1 rings (SSSR count). The highest BCUT2D eigenvalue weighted by atomic mass is 32.2. The third kappa shape index (κ3) is 4.32. The number of nitrogens with two attached hydrogens (primary N) is 1. The summed E-state index contributed by atoms with van der Waals surface area (Å²) in [5, 5.41) is 37.7. The van der Waals surface area contributed by atoms with Crippen molar-refractivity contribution in [2.75, 3.05) is 24.8 Å². The first-order chi connectivity index (χ1) is 8.61. The molecule has 7 nitrogen and oxygen atoms in total. The molecule has 1 aliphatic rings. The van der Waals surface area contributed by atoms with E-state index in [2.05, 4.69) is 0 Å². The van der Waals surface area contributed by atoms with Gasteiger partial charge in [0.05, 0.1) is 13.2 Å². The fourth-order valence-corrected chi connectivity index (χ4v) is 2.14. The predicted octanol–water partition coefficient (Wildman–Crippen LogP) is -2.16. The molecule has 1 fully saturated rings. The molecule has 0 unspecified atom stereocenters. The van der Waals surface area contributed by atoms with Gasteiger partial charge in [-0.25, -0.2) is 0 Å². The van der Waals surface area contributed by atoms with Gasteiger partial charge in [-0.3, -0.25) is 0 Å². The second kappa shape index (κ2) is 8.28. The summed E-state index contributed by atoms with van der Waals surface area (Å²) in [7, 11) is 0. The van der Waals surface area contributed by atoms with Crippen molar-refractivity contribution < 1.29 is 29.9 Å². The molecule has 0 amide bonds. The van der Waals surface area contributed by atoms with Crippen LogP contribution < -0.4 is 5.73 Å². The van der Waals surface area contributed by atoms with Gasteiger partial charge < -0.3 is 35.6 Å². The average molecular weight is 283 g/mol. The lowest BCUT2D eigenvalue weighted by molar-refractivity contribution is -0.300. The van der Waals surface area contributed by atoms with Crippen LogP contribution in [0.4, 0.5) is 0 Å². The molecule has 108 valence electrons. The van der Waals surface area contributed by atoms with E-state index >= 15 is 0 Å². The van der Waals surface area contributed by atoms with Crippen LogP contribution in [0, 0.1) is 0 Å². The molecule has 8 heteroatoms. The largest absolute Gasteiger partial charge is 0.394 e. The van der Waals surface area contributed by atoms with Gasteiger partial charge in [0.2, 0.25) is 0 Å². The van der Waals surface area contributed by atoms with E-state index in [0.717, 1.165) is 12.2 Å². The van der Waals surface area contributed by atoms with Gasteiger partial charge in [-0.1, -0.05) is 0 Å². The monoisotopic (exact) mass is 283 g/mol. The molecule has 0 aromatic rings. The van der Waals surface area contributed by atoms with E-state index in [0.29, 0.717) is 12.5 Å². The molecule has 0 aromatic heterocycles. The maximum absolute atomic E-state index is 9.66. The zero-order valence-corrected chi connectivity index (χ0v) is 10.8. The molecule has 0 radical (unpaired) electrons. The SMILES string of the molecule is NCSCCCO[C@H]1O[C@H](CO)[C@@H](O)[C@H](O)[C@@H]1O. The Balaban J connectivity index is 2.35. The zero-order valence-electron chi connectivity index (χ0n) is 10.0. The van der Waals surface area contributed by atoms with Crippen LogP contribution in [-0.2, 0) is 9.47 Å². The Hall–Kier alpha value is 0.0700. The highest BCUT2D eigenvalue weighted by Crippen LogP contribution is 2.22. The molecule has 0 aromatic carbocycles. The van der Waals surface area contributed by atoms with Gasteiger partial charge in [0, 0.05) is 5.88 Å². The number of rotatable bonds is 7. The lowest BCUT2D eigenvalue weighted by Crippen LogP contribution is -2.59. The van der Waals surface area contributed by atoms with Gasteiger partial charge in [-0.05, 0) is 12.2 Å². The number of ether oxygens (including phenoxy) is 2. The Morgan fingerprint density at radius 1 is 1.17 bits per heavy atom. The van der Waals surface area contributed by atoms with E-state index in [9.17, 15) is 15.3 Å². The van der Waals surface area contributed by atoms with Crippen LogP contribution in [0.2, 0.25) is 0 Å². The van der Waals surface area contributed by atoms with E-state index in [1.807, 2.05) is 0 Å². The molecule has 0 spiro atoms. The summed E-state index contributed by atoms with van der Waals surface area (Å²) in [4.78, 5) is 0. The van der Waals surface area contributed by atoms with E-state index in [1.54, 1.807) is 11.8 Å². The lowest BCUT2D eigenvalue weighted by atomic mass is 9.99. The number of aliphatic hydroxyl groups is 4. The fourth-order valence-electron chi connectivity index (χ4n) is 1.65. The summed E-state index contributed by atoms with van der Waals surface area (Å²) in [6.45, 7) is -0.108. The zero-order chi connectivity index (χ0) is 13.5. The molecule has 1 saturated heterocycles. The lowest BCUT2D eigenvalue weighted by Gasteiger charge is -2.39. The molecule has 5 atom stereocenters. The minimum atomic E-state index is -1.39. The average Bonchev–Trinajstić information content (AvgIpc) is 2.38. The summed E-state index contributed by atoms with van der Waals surface area (Å²) in [5.74, 6) is 1.37. The van der Waals surface area contributed by atoms with Gasteiger partial charge in [-0.2, -0.15) is 0 Å². The Bertz CT molecular complexity index is 232. The first-order valence-electron chi connectivity index (χ1n) is 5.81. The Kier molecular flexibility index (Phi) is 7.42. The summed E-state index contributed by atoms with van der Waals surface area (Å²) in [6, 6.07) is 0. The van der Waals surface area contributed by atoms with Crippen LogP contribution >= 0.6 is 11.8 Å². The molecule has 0 aliphatic carbocycles. The minimum absolute atomic E-state index is 0.343. The molecular weight excluding hydrogens is 262 g/mol. The van der Waals surface area contributed by atoms with Crippen LogP contribution in [0.3, 0.4) is 0 Å². The second-order valence-corrected chi connectivity index (χ2v) is 5.15. The van der Waals surface area contributed by atoms with E-state index in [1.165, 1.54) is 0 Å². The molecule has 18 heavy (non-hydrogen) atoms. The Morgan fingerprint density at radius 3 is 2.50 bits per heavy atom. The number of aliphatic hydroxyl groups excluding tert-OH is 4. The normalized spacial score (nSPS) is 36.8. The van der Waals surface area contributed by atoms with E-state index < -0.39 is 37.3 Å². The van der Waals surface area contributed by atoms with Gasteiger partial charge >= 0.3 is 0 Å². The summed E-state index contributed by atoms with van der Waals surface area (Å²) < 4.78 is 10.5. The predicted molar refractivity (Wildman–Crippen MR) is 65.8 cm³/mol. The van der Waals surface area contributed by atoms with Crippen molar-refractivity contribution in [2.45, 2.75) is 37.1 Å². The van der Waals surface area contributed by atoms with Crippen molar-refractivity contribution in [1.82, 2.24) is 0 Å². The maximum atomic E-state index is 9.66. The Morgan fingerprint density at radius 2 is 1.89 bits per heavy atom. The Labute approximate surface area is 110 Å². The van der Waals surface area contributed by atoms with Crippen molar-refractivity contribution in [1.29, 1.82) is 0 Å². The van der Waals surface area contributed by atoms with E-state index in [4.69, 9.17) is 20.3 Å². The van der Waals surface area contributed by atoms with Crippen molar-refractivity contribution >= 4 is 11.8 Å². The van der Waals surface area contributed by atoms with Crippen molar-refractivity contribution in [2.24, 2.45) is 5.73 Å². The van der Waals surface area contributed by atoms with Gasteiger partial charge in [-0.15, -0.1) is 11.8 Å². The van der Waals surface area contributed by atoms with Crippen LogP contribution in [0.15, 0.2) is 0 Å². The molecule has 1 heterocycles. The smallest absolute Gasteiger partial charge is 0.186 e. The van der Waals surface area contributed by atoms with Crippen molar-refractivity contribution in [3.8, 4) is 0 Å².